The minimum absolute atomic E-state index is 0.00197. The van der Waals surface area contributed by atoms with E-state index in [1.807, 2.05) is 38.2 Å². The van der Waals surface area contributed by atoms with E-state index >= 15 is 0 Å². The average Bonchev–Trinajstić information content (AvgIpc) is 2.80. The van der Waals surface area contributed by atoms with Crippen molar-refractivity contribution in [3.05, 3.63) is 35.5 Å². The zero-order valence-corrected chi connectivity index (χ0v) is 13.1. The van der Waals surface area contributed by atoms with E-state index < -0.39 is 0 Å². The van der Waals surface area contributed by atoms with E-state index in [0.29, 0.717) is 19.7 Å². The Morgan fingerprint density at radius 2 is 2.14 bits per heavy atom. The fourth-order valence-electron chi connectivity index (χ4n) is 2.66. The van der Waals surface area contributed by atoms with Crippen LogP contribution in [0.15, 0.2) is 24.3 Å². The lowest BCUT2D eigenvalue weighted by molar-refractivity contribution is 0.0901. The molecule has 1 aliphatic rings. The van der Waals surface area contributed by atoms with Gasteiger partial charge >= 0.3 is 0 Å². The maximum absolute atomic E-state index is 5.92. The normalized spacial score (nSPS) is 16.6. The van der Waals surface area contributed by atoms with Gasteiger partial charge in [0.05, 0.1) is 18.4 Å². The summed E-state index contributed by atoms with van der Waals surface area (Å²) in [5, 5.41) is 7.77. The Kier molecular flexibility index (Phi) is 4.20. The highest BCUT2D eigenvalue weighted by atomic mass is 16.6. The van der Waals surface area contributed by atoms with Crippen LogP contribution in [0.1, 0.15) is 11.3 Å². The van der Waals surface area contributed by atoms with Crippen LogP contribution >= 0.6 is 0 Å². The number of para-hydroxylation sites is 2. The molecule has 0 amide bonds. The summed E-state index contributed by atoms with van der Waals surface area (Å²) in [5.74, 6) is 2.40. The van der Waals surface area contributed by atoms with Crippen LogP contribution in [0.5, 0.6) is 17.4 Å². The Hall–Kier alpha value is -2.21. The largest absolute Gasteiger partial charge is 0.486 e. The number of ether oxygens (including phenoxy) is 3. The van der Waals surface area contributed by atoms with Crippen LogP contribution < -0.4 is 19.5 Å². The van der Waals surface area contributed by atoms with Crippen LogP contribution in [-0.4, -0.2) is 36.1 Å². The molecule has 1 atom stereocenters. The second-order valence-electron chi connectivity index (χ2n) is 5.33. The summed E-state index contributed by atoms with van der Waals surface area (Å²) in [6.45, 7) is 3.92. The molecule has 1 unspecified atom stereocenters. The SMILES string of the molecule is COc1c(CNCC2COc3ccccc3O2)c(C)nn1C. The van der Waals surface area contributed by atoms with E-state index in [2.05, 4.69) is 10.4 Å². The summed E-state index contributed by atoms with van der Waals surface area (Å²) in [5.41, 5.74) is 2.04. The van der Waals surface area contributed by atoms with E-state index in [0.717, 1.165) is 28.6 Å². The second kappa shape index (κ2) is 6.27. The first-order valence-electron chi connectivity index (χ1n) is 7.34. The predicted molar refractivity (Wildman–Crippen MR) is 82.6 cm³/mol. The summed E-state index contributed by atoms with van der Waals surface area (Å²) in [6.07, 6.45) is -0.00197. The molecule has 0 aliphatic carbocycles. The van der Waals surface area contributed by atoms with Gasteiger partial charge in [-0.1, -0.05) is 12.1 Å². The number of aromatic nitrogens is 2. The standard InChI is InChI=1S/C16H21N3O3/c1-11-13(16(20-3)19(2)18-11)9-17-8-12-10-21-14-6-4-5-7-15(14)22-12/h4-7,12,17H,8-10H2,1-3H3. The Labute approximate surface area is 130 Å². The number of hydrogen-bond acceptors (Lipinski definition) is 5. The molecule has 0 spiro atoms. The highest BCUT2D eigenvalue weighted by molar-refractivity contribution is 5.40. The molecule has 0 saturated carbocycles. The molecule has 3 rings (SSSR count). The predicted octanol–water partition coefficient (Wildman–Crippen LogP) is 1.67. The van der Waals surface area contributed by atoms with Gasteiger partial charge in [0.25, 0.3) is 0 Å². The van der Waals surface area contributed by atoms with Crippen molar-refractivity contribution < 1.29 is 14.2 Å². The minimum atomic E-state index is -0.00197. The first-order valence-corrected chi connectivity index (χ1v) is 7.34. The van der Waals surface area contributed by atoms with Gasteiger partial charge in [-0.05, 0) is 19.1 Å². The third kappa shape index (κ3) is 2.87. The zero-order valence-electron chi connectivity index (χ0n) is 13.1. The van der Waals surface area contributed by atoms with E-state index in [9.17, 15) is 0 Å². The Morgan fingerprint density at radius 1 is 1.36 bits per heavy atom. The molecular formula is C16H21N3O3. The van der Waals surface area contributed by atoms with Gasteiger partial charge in [0.15, 0.2) is 11.5 Å². The molecule has 1 aromatic heterocycles. The number of fused-ring (bicyclic) bond motifs is 1. The summed E-state index contributed by atoms with van der Waals surface area (Å²) in [6, 6.07) is 7.73. The van der Waals surface area contributed by atoms with Gasteiger partial charge < -0.3 is 19.5 Å². The molecule has 2 aromatic rings. The summed E-state index contributed by atoms with van der Waals surface area (Å²) < 4.78 is 18.8. The fraction of sp³-hybridized carbons (Fsp3) is 0.438. The van der Waals surface area contributed by atoms with Gasteiger partial charge in [-0.3, -0.25) is 0 Å². The summed E-state index contributed by atoms with van der Waals surface area (Å²) in [4.78, 5) is 0. The van der Waals surface area contributed by atoms with Gasteiger partial charge in [0.2, 0.25) is 5.88 Å². The van der Waals surface area contributed by atoms with Crippen LogP contribution in [0.3, 0.4) is 0 Å². The molecule has 1 aliphatic heterocycles. The minimum Gasteiger partial charge on any atom is -0.486 e. The van der Waals surface area contributed by atoms with Gasteiger partial charge in [0.1, 0.15) is 12.7 Å². The number of aryl methyl sites for hydroxylation is 2. The molecular weight excluding hydrogens is 282 g/mol. The number of nitrogens with zero attached hydrogens (tertiary/aromatic N) is 2. The molecule has 0 fully saturated rings. The highest BCUT2D eigenvalue weighted by Crippen LogP contribution is 2.30. The van der Waals surface area contributed by atoms with Crippen molar-refractivity contribution in [3.8, 4) is 17.4 Å². The fourth-order valence-corrected chi connectivity index (χ4v) is 2.66. The summed E-state index contributed by atoms with van der Waals surface area (Å²) >= 11 is 0. The topological polar surface area (TPSA) is 57.5 Å². The van der Waals surface area contributed by atoms with Crippen molar-refractivity contribution in [1.29, 1.82) is 0 Å². The van der Waals surface area contributed by atoms with Crippen LogP contribution in [0, 0.1) is 6.92 Å². The first-order chi connectivity index (χ1) is 10.7. The van der Waals surface area contributed by atoms with Crippen molar-refractivity contribution in [2.45, 2.75) is 19.6 Å². The molecule has 22 heavy (non-hydrogen) atoms. The van der Waals surface area contributed by atoms with Gasteiger partial charge in [-0.2, -0.15) is 5.10 Å². The highest BCUT2D eigenvalue weighted by Gasteiger charge is 2.21. The third-order valence-corrected chi connectivity index (χ3v) is 3.72. The van der Waals surface area contributed by atoms with Gasteiger partial charge in [-0.25, -0.2) is 4.68 Å². The van der Waals surface area contributed by atoms with Gasteiger partial charge in [-0.15, -0.1) is 0 Å². The van der Waals surface area contributed by atoms with Crippen LogP contribution in [-0.2, 0) is 13.6 Å². The number of methoxy groups -OCH3 is 1. The summed E-state index contributed by atoms with van der Waals surface area (Å²) in [7, 11) is 3.54. The molecule has 1 aromatic carbocycles. The van der Waals surface area contributed by atoms with Crippen molar-refractivity contribution in [1.82, 2.24) is 15.1 Å². The Morgan fingerprint density at radius 3 is 2.91 bits per heavy atom. The molecule has 2 heterocycles. The van der Waals surface area contributed by atoms with Crippen LogP contribution in [0.25, 0.3) is 0 Å². The molecule has 0 bridgehead atoms. The first kappa shape index (κ1) is 14.7. The van der Waals surface area contributed by atoms with Crippen LogP contribution in [0.2, 0.25) is 0 Å². The molecule has 6 heteroatoms. The number of hydrogen-bond donors (Lipinski definition) is 1. The second-order valence-corrected chi connectivity index (χ2v) is 5.33. The lowest BCUT2D eigenvalue weighted by atomic mass is 10.2. The quantitative estimate of drug-likeness (QED) is 0.910. The molecule has 1 N–H and O–H groups in total. The van der Waals surface area contributed by atoms with E-state index in [1.54, 1.807) is 11.8 Å². The lowest BCUT2D eigenvalue weighted by Gasteiger charge is -2.26. The third-order valence-electron chi connectivity index (χ3n) is 3.72. The number of benzene rings is 1. The van der Waals surface area contributed by atoms with Crippen molar-refractivity contribution >= 4 is 0 Å². The lowest BCUT2D eigenvalue weighted by Crippen LogP contribution is -2.38. The molecule has 6 nitrogen and oxygen atoms in total. The van der Waals surface area contributed by atoms with Gasteiger partial charge in [0, 0.05) is 20.1 Å². The average molecular weight is 303 g/mol. The van der Waals surface area contributed by atoms with E-state index in [1.165, 1.54) is 0 Å². The van der Waals surface area contributed by atoms with Crippen molar-refractivity contribution in [3.63, 3.8) is 0 Å². The van der Waals surface area contributed by atoms with Crippen molar-refractivity contribution in [2.75, 3.05) is 20.3 Å². The number of rotatable bonds is 5. The monoisotopic (exact) mass is 303 g/mol. The molecule has 0 saturated heterocycles. The smallest absolute Gasteiger partial charge is 0.216 e. The zero-order chi connectivity index (χ0) is 15.5. The Bertz CT molecular complexity index is 654. The maximum Gasteiger partial charge on any atom is 0.216 e. The maximum atomic E-state index is 5.92. The van der Waals surface area contributed by atoms with E-state index in [-0.39, 0.29) is 6.10 Å². The van der Waals surface area contributed by atoms with Crippen molar-refractivity contribution in [2.24, 2.45) is 7.05 Å². The van der Waals surface area contributed by atoms with E-state index in [4.69, 9.17) is 14.2 Å². The Balaban J connectivity index is 1.56. The van der Waals surface area contributed by atoms with Crippen LogP contribution in [0.4, 0.5) is 0 Å². The molecule has 0 radical (unpaired) electrons. The number of nitrogens with one attached hydrogen (secondary N) is 1. The molecule has 118 valence electrons.